The molecule has 0 radical (unpaired) electrons. The van der Waals surface area contributed by atoms with Crippen molar-refractivity contribution in [3.63, 3.8) is 0 Å². The number of fused-ring (bicyclic) bond motifs is 1. The zero-order valence-corrected chi connectivity index (χ0v) is 10.4. The number of rotatable bonds is 2. The van der Waals surface area contributed by atoms with Gasteiger partial charge in [-0.25, -0.2) is 4.98 Å². The molecule has 1 N–H and O–H groups in total. The molecule has 1 aromatic carbocycles. The molecule has 0 spiro atoms. The Labute approximate surface area is 105 Å². The third kappa shape index (κ3) is 1.62. The van der Waals surface area contributed by atoms with Gasteiger partial charge in [-0.2, -0.15) is 5.10 Å². The predicted octanol–water partition coefficient (Wildman–Crippen LogP) is 2.69. The molecule has 2 aromatic heterocycles. The maximum absolute atomic E-state index is 4.44. The lowest BCUT2D eigenvalue weighted by Gasteiger charge is -2.16. The van der Waals surface area contributed by atoms with Gasteiger partial charge in [0.25, 0.3) is 0 Å². The Balaban J connectivity index is 2.29. The second kappa shape index (κ2) is 4.14. The van der Waals surface area contributed by atoms with Gasteiger partial charge < -0.3 is 4.90 Å². The van der Waals surface area contributed by atoms with Crippen molar-refractivity contribution in [2.24, 2.45) is 0 Å². The number of nitrogens with one attached hydrogen (secondary N) is 1. The van der Waals surface area contributed by atoms with E-state index in [0.29, 0.717) is 0 Å². The van der Waals surface area contributed by atoms with E-state index in [1.807, 2.05) is 49.6 Å². The van der Waals surface area contributed by atoms with Crippen LogP contribution in [0.2, 0.25) is 0 Å². The Kier molecular flexibility index (Phi) is 2.48. The van der Waals surface area contributed by atoms with E-state index in [1.54, 1.807) is 0 Å². The summed E-state index contributed by atoms with van der Waals surface area (Å²) in [6.07, 6.45) is 3.67. The molecule has 0 aliphatic carbocycles. The fourth-order valence-electron chi connectivity index (χ4n) is 2.17. The summed E-state index contributed by atoms with van der Waals surface area (Å²) < 4.78 is 0. The maximum atomic E-state index is 4.44. The number of hydrogen-bond donors (Lipinski definition) is 1. The van der Waals surface area contributed by atoms with Gasteiger partial charge in [-0.05, 0) is 23.8 Å². The Morgan fingerprint density at radius 2 is 1.89 bits per heavy atom. The molecule has 0 aliphatic rings. The molecule has 0 amide bonds. The molecular formula is C14H14N4. The summed E-state index contributed by atoms with van der Waals surface area (Å²) in [6, 6.07) is 10.2. The minimum absolute atomic E-state index is 0.964. The number of aromatic amines is 1. The van der Waals surface area contributed by atoms with Crippen molar-refractivity contribution < 1.29 is 0 Å². The van der Waals surface area contributed by atoms with Crippen molar-refractivity contribution in [3.8, 4) is 11.1 Å². The van der Waals surface area contributed by atoms with Crippen LogP contribution in [0.5, 0.6) is 0 Å². The smallest absolute Gasteiger partial charge is 0.135 e. The Morgan fingerprint density at radius 3 is 2.72 bits per heavy atom. The minimum atomic E-state index is 0.964. The third-order valence-electron chi connectivity index (χ3n) is 2.99. The van der Waals surface area contributed by atoms with Gasteiger partial charge in [-0.15, -0.1) is 0 Å². The summed E-state index contributed by atoms with van der Waals surface area (Å²) in [7, 11) is 4.00. The molecule has 4 nitrogen and oxygen atoms in total. The first kappa shape index (κ1) is 10.8. The summed E-state index contributed by atoms with van der Waals surface area (Å²) in [5.41, 5.74) is 3.31. The van der Waals surface area contributed by atoms with Crippen molar-refractivity contribution in [2.45, 2.75) is 0 Å². The molecule has 2 heterocycles. The maximum Gasteiger partial charge on any atom is 0.135 e. The zero-order valence-electron chi connectivity index (χ0n) is 10.4. The number of H-pyrrole nitrogens is 1. The molecule has 3 aromatic rings. The van der Waals surface area contributed by atoms with E-state index in [0.717, 1.165) is 27.8 Å². The highest BCUT2D eigenvalue weighted by atomic mass is 15.1. The van der Waals surface area contributed by atoms with Crippen molar-refractivity contribution in [1.29, 1.82) is 0 Å². The lowest BCUT2D eigenvalue weighted by Crippen LogP contribution is -2.11. The molecular weight excluding hydrogens is 224 g/mol. The van der Waals surface area contributed by atoms with Crippen molar-refractivity contribution in [3.05, 3.63) is 42.7 Å². The first-order valence-corrected chi connectivity index (χ1v) is 5.82. The SMILES string of the molecule is CN(C)c1ncccc1-c1cccc2[nH]ncc12. The van der Waals surface area contributed by atoms with Gasteiger partial charge >= 0.3 is 0 Å². The van der Waals surface area contributed by atoms with Crippen LogP contribution in [0.25, 0.3) is 22.0 Å². The van der Waals surface area contributed by atoms with Crippen LogP contribution in [0.4, 0.5) is 5.82 Å². The van der Waals surface area contributed by atoms with Gasteiger partial charge in [0, 0.05) is 31.2 Å². The molecule has 0 aliphatic heterocycles. The average Bonchev–Trinajstić information content (AvgIpc) is 2.86. The van der Waals surface area contributed by atoms with Gasteiger partial charge in [0.05, 0.1) is 11.7 Å². The third-order valence-corrected chi connectivity index (χ3v) is 2.99. The van der Waals surface area contributed by atoms with E-state index in [2.05, 4.69) is 27.3 Å². The van der Waals surface area contributed by atoms with Crippen molar-refractivity contribution in [1.82, 2.24) is 15.2 Å². The normalized spacial score (nSPS) is 10.8. The van der Waals surface area contributed by atoms with Crippen LogP contribution in [0.1, 0.15) is 0 Å². The Hall–Kier alpha value is -2.36. The monoisotopic (exact) mass is 238 g/mol. The first-order chi connectivity index (χ1) is 8.77. The first-order valence-electron chi connectivity index (χ1n) is 5.82. The summed E-state index contributed by atoms with van der Waals surface area (Å²) in [5.74, 6) is 0.964. The number of anilines is 1. The fourth-order valence-corrected chi connectivity index (χ4v) is 2.17. The largest absolute Gasteiger partial charge is 0.362 e. The molecule has 18 heavy (non-hydrogen) atoms. The van der Waals surface area contributed by atoms with Crippen LogP contribution in [0, 0.1) is 0 Å². The Bertz CT molecular complexity index is 685. The van der Waals surface area contributed by atoms with Crippen LogP contribution in [-0.4, -0.2) is 29.3 Å². The highest BCUT2D eigenvalue weighted by Crippen LogP contribution is 2.32. The molecule has 0 saturated heterocycles. The minimum Gasteiger partial charge on any atom is -0.362 e. The zero-order chi connectivity index (χ0) is 12.5. The van der Waals surface area contributed by atoms with Gasteiger partial charge in [0.15, 0.2) is 0 Å². The number of pyridine rings is 1. The van der Waals surface area contributed by atoms with Crippen LogP contribution >= 0.6 is 0 Å². The fraction of sp³-hybridized carbons (Fsp3) is 0.143. The van der Waals surface area contributed by atoms with Gasteiger partial charge in [-0.3, -0.25) is 5.10 Å². The number of nitrogens with zero attached hydrogens (tertiary/aromatic N) is 3. The summed E-state index contributed by atoms with van der Waals surface area (Å²) >= 11 is 0. The number of hydrogen-bond acceptors (Lipinski definition) is 3. The van der Waals surface area contributed by atoms with E-state index in [1.165, 1.54) is 0 Å². The number of aromatic nitrogens is 3. The molecule has 90 valence electrons. The topological polar surface area (TPSA) is 44.8 Å². The average molecular weight is 238 g/mol. The molecule has 0 fully saturated rings. The second-order valence-electron chi connectivity index (χ2n) is 4.41. The van der Waals surface area contributed by atoms with Gasteiger partial charge in [0.2, 0.25) is 0 Å². The lowest BCUT2D eigenvalue weighted by atomic mass is 10.0. The van der Waals surface area contributed by atoms with E-state index in [9.17, 15) is 0 Å². The predicted molar refractivity (Wildman–Crippen MR) is 73.7 cm³/mol. The van der Waals surface area contributed by atoms with E-state index >= 15 is 0 Å². The summed E-state index contributed by atoms with van der Waals surface area (Å²) in [5, 5.41) is 8.22. The molecule has 0 atom stereocenters. The standard InChI is InChI=1S/C14H14N4/c1-18(2)14-11(6-4-8-15-14)10-5-3-7-13-12(10)9-16-17-13/h3-9H,1-2H3,(H,16,17). The Morgan fingerprint density at radius 1 is 1.06 bits per heavy atom. The second-order valence-corrected chi connectivity index (χ2v) is 4.41. The van der Waals surface area contributed by atoms with E-state index in [-0.39, 0.29) is 0 Å². The lowest BCUT2D eigenvalue weighted by molar-refractivity contribution is 1.07. The quantitative estimate of drug-likeness (QED) is 0.746. The molecule has 4 heteroatoms. The van der Waals surface area contributed by atoms with Crippen LogP contribution in [0.3, 0.4) is 0 Å². The number of benzene rings is 1. The van der Waals surface area contributed by atoms with Crippen molar-refractivity contribution >= 4 is 16.7 Å². The highest BCUT2D eigenvalue weighted by Gasteiger charge is 2.11. The van der Waals surface area contributed by atoms with Crippen LogP contribution < -0.4 is 4.90 Å². The molecule has 0 unspecified atom stereocenters. The molecule has 3 rings (SSSR count). The van der Waals surface area contributed by atoms with Crippen molar-refractivity contribution in [2.75, 3.05) is 19.0 Å². The summed E-state index contributed by atoms with van der Waals surface area (Å²) in [4.78, 5) is 6.46. The van der Waals surface area contributed by atoms with Crippen LogP contribution in [0.15, 0.2) is 42.7 Å². The van der Waals surface area contributed by atoms with E-state index < -0.39 is 0 Å². The van der Waals surface area contributed by atoms with Gasteiger partial charge in [-0.1, -0.05) is 12.1 Å². The van der Waals surface area contributed by atoms with E-state index in [4.69, 9.17) is 0 Å². The highest BCUT2D eigenvalue weighted by molar-refractivity contribution is 5.97. The molecule has 0 saturated carbocycles. The van der Waals surface area contributed by atoms with Crippen LogP contribution in [-0.2, 0) is 0 Å². The van der Waals surface area contributed by atoms with Gasteiger partial charge in [0.1, 0.15) is 5.82 Å². The molecule has 0 bridgehead atoms. The summed E-state index contributed by atoms with van der Waals surface area (Å²) in [6.45, 7) is 0.